The number of carbonyl (C=O) groups excluding carboxylic acids is 1. The molecule has 2 aromatic carbocycles. The first-order valence-electron chi connectivity index (χ1n) is 5.29. The number of rotatable bonds is 2. The van der Waals surface area contributed by atoms with Gasteiger partial charge in [-0.05, 0) is 59.0 Å². The van der Waals surface area contributed by atoms with Crippen LogP contribution in [0.15, 0.2) is 36.4 Å². The summed E-state index contributed by atoms with van der Waals surface area (Å²) in [5.74, 6) is -0.675. The maximum absolute atomic E-state index is 13.0. The van der Waals surface area contributed by atoms with Crippen LogP contribution < -0.4 is 11.1 Å². The normalized spacial score (nSPS) is 10.3. The molecule has 1 amide bonds. The van der Waals surface area contributed by atoms with Gasteiger partial charge in [-0.25, -0.2) is 4.39 Å². The number of carbonyl (C=O) groups is 1. The molecule has 0 aliphatic heterocycles. The predicted octanol–water partition coefficient (Wildman–Crippen LogP) is 3.92. The number of benzene rings is 2. The Kier molecular flexibility index (Phi) is 4.26. The van der Waals surface area contributed by atoms with E-state index < -0.39 is 0 Å². The number of amides is 1. The molecule has 0 saturated carbocycles. The van der Waals surface area contributed by atoms with Gasteiger partial charge in [-0.3, -0.25) is 4.79 Å². The van der Waals surface area contributed by atoms with Gasteiger partial charge in [-0.1, -0.05) is 11.6 Å². The summed E-state index contributed by atoms with van der Waals surface area (Å²) >= 11 is 7.74. The van der Waals surface area contributed by atoms with Gasteiger partial charge in [-0.15, -0.1) is 0 Å². The van der Waals surface area contributed by atoms with E-state index in [1.165, 1.54) is 24.3 Å². The molecule has 0 heterocycles. The molecular weight excluding hydrogens is 382 g/mol. The van der Waals surface area contributed by atoms with Crippen LogP contribution in [0.2, 0.25) is 5.02 Å². The van der Waals surface area contributed by atoms with Crippen LogP contribution in [0, 0.1) is 9.39 Å². The van der Waals surface area contributed by atoms with Gasteiger partial charge in [0.1, 0.15) is 5.82 Å². The summed E-state index contributed by atoms with van der Waals surface area (Å²) < 4.78 is 13.6. The zero-order valence-electron chi connectivity index (χ0n) is 9.58. The molecular formula is C13H9ClFIN2O. The number of nitrogens with two attached hydrogens (primary N) is 1. The maximum Gasteiger partial charge on any atom is 0.255 e. The largest absolute Gasteiger partial charge is 0.398 e. The van der Waals surface area contributed by atoms with Crippen molar-refractivity contribution in [2.75, 3.05) is 11.1 Å². The lowest BCUT2D eigenvalue weighted by molar-refractivity contribution is 0.102. The number of anilines is 2. The molecule has 0 spiro atoms. The first-order valence-corrected chi connectivity index (χ1v) is 6.74. The summed E-state index contributed by atoms with van der Waals surface area (Å²) in [5.41, 5.74) is 6.91. The van der Waals surface area contributed by atoms with Gasteiger partial charge in [-0.2, -0.15) is 0 Å². The lowest BCUT2D eigenvalue weighted by Gasteiger charge is -2.08. The summed E-state index contributed by atoms with van der Waals surface area (Å²) in [6.45, 7) is 0. The minimum Gasteiger partial charge on any atom is -0.398 e. The second kappa shape index (κ2) is 5.75. The van der Waals surface area contributed by atoms with E-state index in [0.29, 0.717) is 25.5 Å². The molecule has 3 nitrogen and oxygen atoms in total. The fourth-order valence-corrected chi connectivity index (χ4v) is 2.20. The van der Waals surface area contributed by atoms with E-state index in [4.69, 9.17) is 17.3 Å². The van der Waals surface area contributed by atoms with E-state index in [1.807, 2.05) is 22.6 Å². The summed E-state index contributed by atoms with van der Waals surface area (Å²) in [4.78, 5) is 12.0. The summed E-state index contributed by atoms with van der Waals surface area (Å²) in [5, 5.41) is 3.08. The van der Waals surface area contributed by atoms with Crippen LogP contribution in [0.1, 0.15) is 10.4 Å². The number of hydrogen-bond donors (Lipinski definition) is 2. The molecule has 0 fully saturated rings. The van der Waals surface area contributed by atoms with Gasteiger partial charge in [0.05, 0.1) is 16.4 Å². The van der Waals surface area contributed by atoms with Gasteiger partial charge in [0.25, 0.3) is 5.91 Å². The zero-order valence-corrected chi connectivity index (χ0v) is 12.5. The van der Waals surface area contributed by atoms with E-state index >= 15 is 0 Å². The van der Waals surface area contributed by atoms with E-state index in [0.717, 1.165) is 0 Å². The molecule has 98 valence electrons. The Morgan fingerprint density at radius 1 is 1.26 bits per heavy atom. The lowest BCUT2D eigenvalue weighted by atomic mass is 10.2. The molecule has 3 N–H and O–H groups in total. The summed E-state index contributed by atoms with van der Waals surface area (Å²) in [6.07, 6.45) is 0. The molecule has 0 radical (unpaired) electrons. The third-order valence-corrected chi connectivity index (χ3v) is 3.67. The zero-order chi connectivity index (χ0) is 14.0. The Morgan fingerprint density at radius 2 is 2.00 bits per heavy atom. The van der Waals surface area contributed by atoms with Crippen molar-refractivity contribution in [2.24, 2.45) is 0 Å². The van der Waals surface area contributed by atoms with Gasteiger partial charge in [0.15, 0.2) is 0 Å². The molecule has 6 heteroatoms. The molecule has 0 saturated heterocycles. The first-order chi connectivity index (χ1) is 8.97. The van der Waals surface area contributed by atoms with Crippen LogP contribution in [0.3, 0.4) is 0 Å². The third kappa shape index (κ3) is 3.36. The van der Waals surface area contributed by atoms with Crippen molar-refractivity contribution in [1.82, 2.24) is 0 Å². The SMILES string of the molecule is Nc1cc(C(=O)Nc2ccc(F)cc2I)ccc1Cl. The molecule has 2 rings (SSSR count). The smallest absolute Gasteiger partial charge is 0.255 e. The molecule has 0 atom stereocenters. The molecule has 0 aliphatic carbocycles. The van der Waals surface area contributed by atoms with Crippen LogP contribution in [-0.4, -0.2) is 5.91 Å². The number of hydrogen-bond acceptors (Lipinski definition) is 2. The highest BCUT2D eigenvalue weighted by Gasteiger charge is 2.10. The van der Waals surface area contributed by atoms with E-state index in [1.54, 1.807) is 12.1 Å². The molecule has 0 unspecified atom stereocenters. The van der Waals surface area contributed by atoms with Gasteiger partial charge in [0.2, 0.25) is 0 Å². The maximum atomic E-state index is 13.0. The average molecular weight is 391 g/mol. The van der Waals surface area contributed by atoms with E-state index in [9.17, 15) is 9.18 Å². The second-order valence-corrected chi connectivity index (χ2v) is 5.38. The van der Waals surface area contributed by atoms with Crippen molar-refractivity contribution in [3.8, 4) is 0 Å². The number of halogens is 3. The molecule has 0 bridgehead atoms. The van der Waals surface area contributed by atoms with Crippen molar-refractivity contribution in [3.63, 3.8) is 0 Å². The highest BCUT2D eigenvalue weighted by molar-refractivity contribution is 14.1. The van der Waals surface area contributed by atoms with Crippen molar-refractivity contribution in [3.05, 3.63) is 56.4 Å². The molecule has 0 aromatic heterocycles. The molecule has 0 aliphatic rings. The van der Waals surface area contributed by atoms with E-state index in [2.05, 4.69) is 5.32 Å². The van der Waals surface area contributed by atoms with Crippen molar-refractivity contribution < 1.29 is 9.18 Å². The highest BCUT2D eigenvalue weighted by atomic mass is 127. The highest BCUT2D eigenvalue weighted by Crippen LogP contribution is 2.22. The fraction of sp³-hybridized carbons (Fsp3) is 0. The van der Waals surface area contributed by atoms with Gasteiger partial charge in [0, 0.05) is 9.13 Å². The standard InChI is InChI=1S/C13H9ClFIN2O/c14-9-3-1-7(5-11(9)17)13(19)18-12-4-2-8(15)6-10(12)16/h1-6H,17H2,(H,18,19). The summed E-state index contributed by atoms with van der Waals surface area (Å²) in [7, 11) is 0. The first kappa shape index (κ1) is 14.1. The van der Waals surface area contributed by atoms with Crippen LogP contribution in [0.4, 0.5) is 15.8 Å². The minimum absolute atomic E-state index is 0.326. The Labute approximate surface area is 128 Å². The Morgan fingerprint density at radius 3 is 2.63 bits per heavy atom. The average Bonchev–Trinajstić information content (AvgIpc) is 2.36. The monoisotopic (exact) mass is 390 g/mol. The Bertz CT molecular complexity index is 649. The topological polar surface area (TPSA) is 55.1 Å². The van der Waals surface area contributed by atoms with Crippen LogP contribution in [0.5, 0.6) is 0 Å². The summed E-state index contributed by atoms with van der Waals surface area (Å²) in [6, 6.07) is 8.76. The van der Waals surface area contributed by atoms with Crippen molar-refractivity contribution >= 4 is 51.5 Å². The number of nitrogen functional groups attached to an aromatic ring is 1. The molecule has 19 heavy (non-hydrogen) atoms. The van der Waals surface area contributed by atoms with Crippen LogP contribution in [0.25, 0.3) is 0 Å². The lowest BCUT2D eigenvalue weighted by Crippen LogP contribution is -2.13. The second-order valence-electron chi connectivity index (χ2n) is 3.81. The minimum atomic E-state index is -0.349. The quantitative estimate of drug-likeness (QED) is 0.603. The Hall–Kier alpha value is -1.34. The number of nitrogens with one attached hydrogen (secondary N) is 1. The third-order valence-electron chi connectivity index (χ3n) is 2.44. The van der Waals surface area contributed by atoms with Crippen molar-refractivity contribution in [2.45, 2.75) is 0 Å². The van der Waals surface area contributed by atoms with Crippen LogP contribution >= 0.6 is 34.2 Å². The van der Waals surface area contributed by atoms with E-state index in [-0.39, 0.29) is 11.7 Å². The van der Waals surface area contributed by atoms with Gasteiger partial charge >= 0.3 is 0 Å². The predicted molar refractivity (Wildman–Crippen MR) is 82.9 cm³/mol. The fourth-order valence-electron chi connectivity index (χ4n) is 1.47. The van der Waals surface area contributed by atoms with Gasteiger partial charge < -0.3 is 11.1 Å². The molecule has 2 aromatic rings. The van der Waals surface area contributed by atoms with Crippen molar-refractivity contribution in [1.29, 1.82) is 0 Å². The Balaban J connectivity index is 2.23. The van der Waals surface area contributed by atoms with Crippen LogP contribution in [-0.2, 0) is 0 Å².